The molecule has 4 rings (SSSR count). The Morgan fingerprint density at radius 3 is 0.973 bits per heavy atom. The van der Waals surface area contributed by atoms with Gasteiger partial charge in [-0.3, -0.25) is 0 Å². The number of hydrogen-bond donors (Lipinski definition) is 0. The Labute approximate surface area is 227 Å². The molecule has 4 aromatic carbocycles. The molecular formula is C35H34N2. The van der Waals surface area contributed by atoms with Gasteiger partial charge >= 0.3 is 0 Å². The summed E-state index contributed by atoms with van der Waals surface area (Å²) in [6, 6.07) is 34.2. The lowest BCUT2D eigenvalue weighted by molar-refractivity contribution is 0.579. The minimum atomic E-state index is -1.40. The summed E-state index contributed by atoms with van der Waals surface area (Å²) in [6.07, 6.45) is 2.49. The second kappa shape index (κ2) is 13.8. The van der Waals surface area contributed by atoms with Gasteiger partial charge in [0.1, 0.15) is 0 Å². The fourth-order valence-electron chi connectivity index (χ4n) is 4.28. The largest absolute Gasteiger partial charge is 0.192 e. The van der Waals surface area contributed by atoms with Crippen molar-refractivity contribution in [3.8, 4) is 34.4 Å². The molecule has 37 heavy (non-hydrogen) atoms. The molecule has 0 bridgehead atoms. The summed E-state index contributed by atoms with van der Waals surface area (Å²) in [4.78, 5) is 0. The summed E-state index contributed by atoms with van der Waals surface area (Å²) in [6.45, 7) is 0. The van der Waals surface area contributed by atoms with E-state index in [-0.39, 0.29) is 0 Å². The molecule has 0 aliphatic heterocycles. The zero-order valence-corrected chi connectivity index (χ0v) is 21.1. The third-order valence-electron chi connectivity index (χ3n) is 6.48. The van der Waals surface area contributed by atoms with Crippen molar-refractivity contribution in [2.24, 2.45) is 0 Å². The van der Waals surface area contributed by atoms with Crippen LogP contribution >= 0.6 is 0 Å². The van der Waals surface area contributed by atoms with E-state index in [1.165, 1.54) is 0 Å². The van der Waals surface area contributed by atoms with Crippen LogP contribution in [0.25, 0.3) is 22.3 Å². The maximum Gasteiger partial charge on any atom is 0.0991 e. The van der Waals surface area contributed by atoms with Crippen LogP contribution in [0.3, 0.4) is 0 Å². The van der Waals surface area contributed by atoms with Gasteiger partial charge in [0.2, 0.25) is 0 Å². The molecule has 0 saturated carbocycles. The minimum Gasteiger partial charge on any atom is -0.192 e. The van der Waals surface area contributed by atoms with E-state index in [9.17, 15) is 0 Å². The van der Waals surface area contributed by atoms with Crippen LogP contribution in [-0.4, -0.2) is 0 Å². The lowest BCUT2D eigenvalue weighted by Gasteiger charge is -2.06. The SMILES string of the molecule is [2H]C([2H])(CCCCCCCC([2H])([2H])c1ccc(-c2ccc(C#N)cc2)cc1)c1ccc(-c2ccc(C#N)cc2)cc1. The van der Waals surface area contributed by atoms with Crippen LogP contribution in [0, 0.1) is 22.7 Å². The van der Waals surface area contributed by atoms with Crippen LogP contribution in [-0.2, 0) is 12.7 Å². The first-order chi connectivity index (χ1) is 19.7. The second-order valence-electron chi connectivity index (χ2n) is 9.15. The normalized spacial score (nSPS) is 12.9. The molecule has 2 nitrogen and oxygen atoms in total. The summed E-state index contributed by atoms with van der Waals surface area (Å²) in [5.41, 5.74) is 6.58. The average Bonchev–Trinajstić information content (AvgIpc) is 3.01. The summed E-state index contributed by atoms with van der Waals surface area (Å²) in [7, 11) is 0. The number of nitrogens with zero attached hydrogens (tertiary/aromatic N) is 2. The van der Waals surface area contributed by atoms with Crippen molar-refractivity contribution >= 4 is 0 Å². The van der Waals surface area contributed by atoms with Gasteiger partial charge in [-0.05, 0) is 83.2 Å². The number of aryl methyl sites for hydroxylation is 2. The van der Waals surface area contributed by atoms with Crippen molar-refractivity contribution in [2.75, 3.05) is 0 Å². The van der Waals surface area contributed by atoms with Crippen molar-refractivity contribution < 1.29 is 5.48 Å². The van der Waals surface area contributed by atoms with Gasteiger partial charge in [0.05, 0.1) is 23.3 Å². The molecule has 0 radical (unpaired) electrons. The van der Waals surface area contributed by atoms with Gasteiger partial charge in [-0.15, -0.1) is 0 Å². The van der Waals surface area contributed by atoms with Gasteiger partial charge in [-0.25, -0.2) is 0 Å². The van der Waals surface area contributed by atoms with Gasteiger partial charge < -0.3 is 0 Å². The van der Waals surface area contributed by atoms with E-state index in [1.807, 2.05) is 72.8 Å². The van der Waals surface area contributed by atoms with E-state index < -0.39 is 12.7 Å². The second-order valence-corrected chi connectivity index (χ2v) is 9.15. The van der Waals surface area contributed by atoms with Crippen LogP contribution in [0.4, 0.5) is 0 Å². The number of hydrogen-bond acceptors (Lipinski definition) is 2. The van der Waals surface area contributed by atoms with Crippen molar-refractivity contribution in [1.29, 1.82) is 10.5 Å². The highest BCUT2D eigenvalue weighted by Gasteiger charge is 2.01. The third kappa shape index (κ3) is 7.93. The smallest absolute Gasteiger partial charge is 0.0991 e. The highest BCUT2D eigenvalue weighted by Crippen LogP contribution is 2.22. The van der Waals surface area contributed by atoms with Gasteiger partial charge in [-0.2, -0.15) is 10.5 Å². The molecule has 0 fully saturated rings. The highest BCUT2D eigenvalue weighted by molar-refractivity contribution is 5.65. The first-order valence-corrected chi connectivity index (χ1v) is 12.9. The average molecular weight is 487 g/mol. The van der Waals surface area contributed by atoms with Crippen LogP contribution in [0.1, 0.15) is 72.7 Å². The van der Waals surface area contributed by atoms with E-state index >= 15 is 0 Å². The van der Waals surface area contributed by atoms with E-state index in [2.05, 4.69) is 12.1 Å². The maximum absolute atomic E-state index is 8.97. The van der Waals surface area contributed by atoms with E-state index in [0.717, 1.165) is 54.4 Å². The zero-order chi connectivity index (χ0) is 29.3. The topological polar surface area (TPSA) is 47.6 Å². The molecule has 2 heteroatoms. The molecule has 0 aliphatic carbocycles. The summed E-state index contributed by atoms with van der Waals surface area (Å²) in [5, 5.41) is 17.9. The quantitative estimate of drug-likeness (QED) is 0.187. The third-order valence-corrected chi connectivity index (χ3v) is 6.48. The standard InChI is InChI=1S/C35H34N2/c36-26-30-14-22-34(23-15-30)32-18-10-28(11-19-32)8-6-4-2-1-3-5-7-9-29-12-20-33(21-13-29)35-24-16-31(27-37)17-25-35/h10-25H,1-9H2/i8D2,9D2. The Balaban J connectivity index is 1.18. The molecule has 0 unspecified atom stereocenters. The van der Waals surface area contributed by atoms with Gasteiger partial charge in [0.15, 0.2) is 0 Å². The molecule has 0 amide bonds. The molecule has 0 heterocycles. The van der Waals surface area contributed by atoms with Gasteiger partial charge in [0.25, 0.3) is 0 Å². The van der Waals surface area contributed by atoms with Crippen molar-refractivity contribution in [2.45, 2.75) is 57.7 Å². The fraction of sp³-hybridized carbons (Fsp3) is 0.257. The Morgan fingerprint density at radius 1 is 0.405 bits per heavy atom. The molecule has 0 aromatic heterocycles. The first kappa shape index (κ1) is 21.0. The molecule has 4 aromatic rings. The number of benzene rings is 4. The van der Waals surface area contributed by atoms with Crippen LogP contribution in [0.5, 0.6) is 0 Å². The molecule has 0 N–H and O–H groups in total. The Bertz CT molecular complexity index is 1380. The van der Waals surface area contributed by atoms with Crippen LogP contribution in [0.15, 0.2) is 97.1 Å². The first-order valence-electron chi connectivity index (χ1n) is 14.9. The maximum atomic E-state index is 8.97. The summed E-state index contributed by atoms with van der Waals surface area (Å²) in [5.74, 6) is 0. The summed E-state index contributed by atoms with van der Waals surface area (Å²) < 4.78 is 34.2. The predicted molar refractivity (Wildman–Crippen MR) is 153 cm³/mol. The minimum absolute atomic E-state index is 0.454. The number of nitriles is 2. The lowest BCUT2D eigenvalue weighted by Crippen LogP contribution is -1.89. The number of unbranched alkanes of at least 4 members (excludes halogenated alkanes) is 4. The van der Waals surface area contributed by atoms with E-state index in [1.54, 1.807) is 24.3 Å². The number of rotatable bonds is 12. The Morgan fingerprint density at radius 2 is 0.676 bits per heavy atom. The van der Waals surface area contributed by atoms with Crippen molar-refractivity contribution in [3.63, 3.8) is 0 Å². The molecule has 0 saturated heterocycles. The van der Waals surface area contributed by atoms with E-state index in [0.29, 0.717) is 35.1 Å². The van der Waals surface area contributed by atoms with Crippen LogP contribution < -0.4 is 0 Å². The van der Waals surface area contributed by atoms with Crippen LogP contribution in [0.2, 0.25) is 0 Å². The predicted octanol–water partition coefficient (Wildman–Crippen LogP) is 9.28. The lowest BCUT2D eigenvalue weighted by atomic mass is 9.99. The zero-order valence-electron chi connectivity index (χ0n) is 25.1. The van der Waals surface area contributed by atoms with Gasteiger partial charge in [0, 0.05) is 5.48 Å². The molecule has 0 aliphatic rings. The molecule has 184 valence electrons. The van der Waals surface area contributed by atoms with Crippen molar-refractivity contribution in [1.82, 2.24) is 0 Å². The molecular weight excluding hydrogens is 448 g/mol. The Hall–Kier alpha value is -4.14. The van der Waals surface area contributed by atoms with E-state index in [4.69, 9.17) is 16.0 Å². The fourth-order valence-corrected chi connectivity index (χ4v) is 4.28. The van der Waals surface area contributed by atoms with Gasteiger partial charge in [-0.1, -0.05) is 105 Å². The Kier molecular flexibility index (Phi) is 7.84. The van der Waals surface area contributed by atoms with Crippen molar-refractivity contribution in [3.05, 3.63) is 119 Å². The molecule has 0 spiro atoms. The highest BCUT2D eigenvalue weighted by atomic mass is 14.2. The monoisotopic (exact) mass is 486 g/mol. The molecule has 0 atom stereocenters. The summed E-state index contributed by atoms with van der Waals surface area (Å²) >= 11 is 0.